The van der Waals surface area contributed by atoms with Gasteiger partial charge in [-0.3, -0.25) is 52.7 Å². The van der Waals surface area contributed by atoms with Crippen molar-refractivity contribution in [3.8, 4) is 11.1 Å². The van der Waals surface area contributed by atoms with E-state index in [1.807, 2.05) is 65.8 Å². The summed E-state index contributed by atoms with van der Waals surface area (Å²) in [7, 11) is 2.14. The molecule has 2 fully saturated rings. The van der Waals surface area contributed by atoms with E-state index in [9.17, 15) is 66.0 Å². The lowest BCUT2D eigenvalue weighted by Crippen LogP contribution is -2.55. The number of anilines is 1. The number of methoxy groups -OCH3 is 2. The number of carbonyl (C=O) groups excluding carboxylic acids is 11. The van der Waals surface area contributed by atoms with Gasteiger partial charge in [0.1, 0.15) is 19.3 Å². The minimum Gasteiger partial charge on any atom is -0.481 e. The van der Waals surface area contributed by atoms with Gasteiger partial charge in [-0.25, -0.2) is 18.0 Å². The molecule has 0 radical (unpaired) electrons. The van der Waals surface area contributed by atoms with Gasteiger partial charge in [-0.15, -0.1) is 0 Å². The van der Waals surface area contributed by atoms with E-state index in [1.165, 1.54) is 48.4 Å². The van der Waals surface area contributed by atoms with Crippen LogP contribution < -0.4 is 37.5 Å². The number of hydrogen-bond acceptors (Lipinski definition) is 19. The SMILES string of the molecule is CC[C@H](C)[C@@H]([C@@H](CC(=O)N1CCC[C@H]1[C@H](OC)[C@@H](C)C(=O)N[C@@H](Cc1ccccc1)C(=O)NS(=O)(=O)C1CC1)OC)N(C)C(=O)[C@@H](CC(=O)[C@H](C(C)C)N(C)C(=O)OCc1ccc(NC(=O)[C@H](CCCNC(N)=O)CC(=O)[C@@H](NC(=O)CCCCCN)C(C)C)cc1)C(C)C.O=C(O)CCCCCCC(=O)OCC1c2ccccc2-c2ccccc21. The van der Waals surface area contributed by atoms with Crippen LogP contribution in [0.4, 0.5) is 15.3 Å². The summed E-state index contributed by atoms with van der Waals surface area (Å²) < 4.78 is 51.2. The first-order valence-corrected chi connectivity index (χ1v) is 44.6. The predicted molar refractivity (Wildman–Crippen MR) is 462 cm³/mol. The van der Waals surface area contributed by atoms with Crippen molar-refractivity contribution in [2.45, 2.75) is 257 Å². The number of aliphatic carboxylic acids is 1. The number of unbranched alkanes of at least 4 members (excludes halogenated alkanes) is 5. The van der Waals surface area contributed by atoms with Crippen LogP contribution in [0.25, 0.3) is 11.1 Å². The Bertz CT molecular complexity index is 4140. The quantitative estimate of drug-likeness (QED) is 0.0150. The van der Waals surface area contributed by atoms with Gasteiger partial charge < -0.3 is 71.5 Å². The van der Waals surface area contributed by atoms with Crippen molar-refractivity contribution in [1.82, 2.24) is 35.4 Å². The Morgan fingerprint density at radius 1 is 0.628 bits per heavy atom. The first-order chi connectivity index (χ1) is 57.6. The number of benzene rings is 4. The van der Waals surface area contributed by atoms with E-state index in [0.717, 1.165) is 32.1 Å². The normalized spacial score (nSPS) is 16.2. The summed E-state index contributed by atoms with van der Waals surface area (Å²) in [5.74, 6) is -7.94. The molecule has 0 unspecified atom stereocenters. The molecule has 668 valence electrons. The van der Waals surface area contributed by atoms with Crippen molar-refractivity contribution < 1.29 is 90.0 Å². The van der Waals surface area contributed by atoms with Crippen LogP contribution in [0.5, 0.6) is 0 Å². The number of primary amides is 1. The molecule has 11 atom stereocenters. The lowest BCUT2D eigenvalue weighted by molar-refractivity contribution is -0.149. The van der Waals surface area contributed by atoms with Crippen LogP contribution in [0.15, 0.2) is 103 Å². The monoisotopic (exact) mass is 1700 g/mol. The Hall–Kier alpha value is -9.65. The number of nitrogens with two attached hydrogens (primary N) is 2. The van der Waals surface area contributed by atoms with Crippen LogP contribution in [-0.2, 0) is 89.9 Å². The Labute approximate surface area is 715 Å². The number of carbonyl (C=O) groups is 12. The molecule has 9 amide bonds. The van der Waals surface area contributed by atoms with Gasteiger partial charge in [0.2, 0.25) is 39.6 Å². The maximum atomic E-state index is 14.9. The molecular weight excluding hydrogens is 1570 g/mol. The number of rotatable bonds is 51. The molecule has 7 rings (SSSR count). The zero-order valence-corrected chi connectivity index (χ0v) is 74.0. The van der Waals surface area contributed by atoms with E-state index in [-0.39, 0.29) is 117 Å². The molecule has 29 nitrogen and oxygen atoms in total. The molecule has 4 aromatic rings. The molecule has 1 saturated carbocycles. The second-order valence-electron chi connectivity index (χ2n) is 33.5. The highest BCUT2D eigenvalue weighted by molar-refractivity contribution is 7.91. The van der Waals surface area contributed by atoms with Gasteiger partial charge in [0.05, 0.1) is 54.0 Å². The zero-order chi connectivity index (χ0) is 89.2. The molecule has 0 aromatic heterocycles. The fourth-order valence-electron chi connectivity index (χ4n) is 16.2. The first kappa shape index (κ1) is 100. The fourth-order valence-corrected chi connectivity index (χ4v) is 17.5. The van der Waals surface area contributed by atoms with Crippen molar-refractivity contribution in [2.75, 3.05) is 59.9 Å². The summed E-state index contributed by atoms with van der Waals surface area (Å²) in [4.78, 5) is 164. The van der Waals surface area contributed by atoms with Crippen molar-refractivity contribution in [2.24, 2.45) is 52.9 Å². The number of amides is 9. The van der Waals surface area contributed by atoms with Gasteiger partial charge in [-0.05, 0) is 140 Å². The molecule has 0 bridgehead atoms. The van der Waals surface area contributed by atoms with Gasteiger partial charge in [0, 0.05) is 103 Å². The Balaban J connectivity index is 0.000000732. The highest BCUT2D eigenvalue weighted by atomic mass is 32.2. The number of ketones is 2. The number of likely N-dealkylation sites (N-methyl/N-ethyl adjacent to an activating group) is 2. The molecule has 1 saturated heterocycles. The van der Waals surface area contributed by atoms with E-state index < -0.39 is 117 Å². The van der Waals surface area contributed by atoms with Gasteiger partial charge in [-0.1, -0.05) is 179 Å². The third-order valence-corrected chi connectivity index (χ3v) is 25.2. The molecule has 4 aromatic carbocycles. The highest BCUT2D eigenvalue weighted by Crippen LogP contribution is 2.45. The van der Waals surface area contributed by atoms with E-state index in [1.54, 1.807) is 92.2 Å². The number of sulfonamides is 1. The number of carboxylic acid groups (broad SMARTS) is 1. The summed E-state index contributed by atoms with van der Waals surface area (Å²) in [6.45, 7) is 17.8. The van der Waals surface area contributed by atoms with E-state index in [2.05, 4.69) is 50.3 Å². The first-order valence-electron chi connectivity index (χ1n) is 43.0. The van der Waals surface area contributed by atoms with Crippen LogP contribution in [0.1, 0.15) is 219 Å². The minimum absolute atomic E-state index is 0.0271. The van der Waals surface area contributed by atoms with Gasteiger partial charge in [0.15, 0.2) is 11.6 Å². The third-order valence-electron chi connectivity index (χ3n) is 23.4. The number of carboxylic acids is 1. The Morgan fingerprint density at radius 3 is 1.81 bits per heavy atom. The minimum atomic E-state index is -3.92. The maximum Gasteiger partial charge on any atom is 0.410 e. The third kappa shape index (κ3) is 31.0. The van der Waals surface area contributed by atoms with E-state index >= 15 is 0 Å². The molecule has 10 N–H and O–H groups in total. The molecule has 30 heteroatoms. The largest absolute Gasteiger partial charge is 0.481 e. The molecule has 2 aliphatic carbocycles. The molecule has 3 aliphatic rings. The van der Waals surface area contributed by atoms with Crippen molar-refractivity contribution in [3.63, 3.8) is 0 Å². The second-order valence-corrected chi connectivity index (χ2v) is 35.5. The summed E-state index contributed by atoms with van der Waals surface area (Å²) in [5, 5.41) is 18.9. The zero-order valence-electron chi connectivity index (χ0n) is 73.1. The molecule has 0 spiro atoms. The van der Waals surface area contributed by atoms with Gasteiger partial charge >= 0.3 is 24.1 Å². The average molecular weight is 1700 g/mol. The Kier molecular flexibility index (Phi) is 41.4. The van der Waals surface area contributed by atoms with Crippen molar-refractivity contribution >= 4 is 86.8 Å². The van der Waals surface area contributed by atoms with Crippen LogP contribution in [0, 0.1) is 41.4 Å². The number of urea groups is 1. The number of likely N-dealkylation sites (tertiary alicyclic amines) is 1. The Morgan fingerprint density at radius 2 is 1.24 bits per heavy atom. The van der Waals surface area contributed by atoms with Crippen molar-refractivity contribution in [1.29, 1.82) is 0 Å². The number of ether oxygens (including phenoxy) is 4. The van der Waals surface area contributed by atoms with E-state index in [0.29, 0.717) is 94.3 Å². The predicted octanol–water partition coefficient (Wildman–Crippen LogP) is 11.2. The molecule has 1 aliphatic heterocycles. The summed E-state index contributed by atoms with van der Waals surface area (Å²) >= 11 is 0. The number of fused-ring (bicyclic) bond motifs is 3. The second kappa shape index (κ2) is 50.1. The molecular formula is C91H134N10O19S. The summed E-state index contributed by atoms with van der Waals surface area (Å²) in [6.07, 6.45) is 6.44. The lowest BCUT2D eigenvalue weighted by atomic mass is 9.83. The topological polar surface area (TPSA) is 418 Å². The van der Waals surface area contributed by atoms with Crippen molar-refractivity contribution in [3.05, 3.63) is 125 Å². The van der Waals surface area contributed by atoms with Crippen LogP contribution in [0.2, 0.25) is 0 Å². The highest BCUT2D eigenvalue weighted by Gasteiger charge is 2.46. The summed E-state index contributed by atoms with van der Waals surface area (Å²) in [6, 6.07) is 27.1. The maximum absolute atomic E-state index is 14.9. The lowest BCUT2D eigenvalue weighted by Gasteiger charge is -2.41. The van der Waals surface area contributed by atoms with Gasteiger partial charge in [0.25, 0.3) is 5.91 Å². The smallest absolute Gasteiger partial charge is 0.410 e. The average Bonchev–Trinajstić information content (AvgIpc) is 1.62. The number of nitrogens with zero attached hydrogens (tertiary/aromatic N) is 3. The van der Waals surface area contributed by atoms with Gasteiger partial charge in [-0.2, -0.15) is 0 Å². The number of Topliss-reactive ketones (excluding diaryl/α,β-unsaturated/α-hetero) is 2. The number of esters is 1. The fraction of sp³-hybridized carbons (Fsp3) is 0.604. The summed E-state index contributed by atoms with van der Waals surface area (Å²) in [5.41, 5.74) is 17.4. The standard InChI is InChI=1S/C69H110N10O15S.C22H24O4/c1-14-45(8)62(57(92-12)40-59(83)79-36-22-26-54(79)63(93-13)46(9)64(84)74-53(37-47-23-17-15-18-24-47)66(86)76-95(90,91)51-32-33-51)77(10)67(87)52(42(2)3)39-56(81)61(44(6)7)78(11)69(89)94-41-48-28-30-50(31-29-48)73-65(85)49(25-21-35-72-68(71)88)38-55(80)60(43(4)5)75-58(82)27-19-16-20-34-70;23-21(24)13-3-1-2-4-14-22(25)26-15-20-18-11-7-5-9-16(18)17-10-6-8-12-19(17)20/h15,17-18,23-24,28-31,42-46,49,51-54,57,60-63H,14,16,19-22,25-27,32-41,70H2,1-13H3,(H,73,85)(H,74,84)(H,75,82)(H,76,86)(H3,71,72,88);5-12,20H,1-4,13-15H2,(H,23,24)/t45-,46+,49+,52-,53-,54-,57+,60-,61-,62-,63+;/m0./s1. The molecule has 1 heterocycles. The number of nitrogens with one attached hydrogen (secondary N) is 5. The van der Waals surface area contributed by atoms with E-state index in [4.69, 9.17) is 35.5 Å². The van der Waals surface area contributed by atoms with Crippen LogP contribution in [-0.4, -0.2) is 202 Å². The number of hydrogen-bond donors (Lipinski definition) is 8. The van der Waals surface area contributed by atoms with Crippen LogP contribution in [0.3, 0.4) is 0 Å². The molecule has 121 heavy (non-hydrogen) atoms. The van der Waals surface area contributed by atoms with Crippen LogP contribution >= 0.6 is 0 Å².